The number of aliphatic hydroxyl groups excluding tert-OH is 5. The molecule has 2 aliphatic rings. The highest BCUT2D eigenvalue weighted by molar-refractivity contribution is 7.61. The summed E-state index contributed by atoms with van der Waals surface area (Å²) in [4.78, 5) is 31.3. The van der Waals surface area contributed by atoms with Crippen molar-refractivity contribution in [1.82, 2.24) is 19.5 Å². The molecule has 4 rings (SSSR count). The second-order valence-corrected chi connectivity index (χ2v) is 10.8. The molecule has 2 aromatic heterocycles. The Morgan fingerprint density at radius 2 is 1.47 bits per heavy atom. The molecule has 10 atom stereocenters. The van der Waals surface area contributed by atoms with Gasteiger partial charge in [-0.1, -0.05) is 0 Å². The number of imidazole rings is 1. The zero-order valence-electron chi connectivity index (χ0n) is 17.9. The van der Waals surface area contributed by atoms with Crippen LogP contribution in [0.25, 0.3) is 11.2 Å². The minimum Gasteiger partial charge on any atom is -0.387 e. The molecular formula is C15H23N5O14P2. The molecule has 4 unspecified atom stereocenters. The summed E-state index contributed by atoms with van der Waals surface area (Å²) in [7, 11) is -10.6. The van der Waals surface area contributed by atoms with E-state index in [1.54, 1.807) is 0 Å². The maximum absolute atomic E-state index is 12.2. The van der Waals surface area contributed by atoms with Gasteiger partial charge in [-0.3, -0.25) is 13.6 Å². The Labute approximate surface area is 200 Å². The van der Waals surface area contributed by atoms with Gasteiger partial charge in [0.05, 0.1) is 19.5 Å². The molecule has 4 heterocycles. The minimum absolute atomic E-state index is 0.0575. The molecule has 0 aliphatic carbocycles. The SMILES string of the molecule is Nc1ncnc2c1ncn2[C@@H]1O[C@H](COP(=O)(O)OP(=O)(O)OC[C@@H]2O[C@H](O)[C@H](O)[C@@H]2O)C(O)C1O. The first kappa shape index (κ1) is 27.4. The van der Waals surface area contributed by atoms with Crippen LogP contribution in [0.15, 0.2) is 12.7 Å². The summed E-state index contributed by atoms with van der Waals surface area (Å²) in [5.41, 5.74) is 6.09. The number of hydrogen-bond acceptors (Lipinski definition) is 16. The number of phosphoric ester groups is 2. The van der Waals surface area contributed by atoms with Gasteiger partial charge in [-0.2, -0.15) is 4.31 Å². The van der Waals surface area contributed by atoms with Gasteiger partial charge >= 0.3 is 15.6 Å². The number of rotatable bonds is 9. The molecule has 21 heteroatoms. The summed E-state index contributed by atoms with van der Waals surface area (Å²) in [6.07, 6.45) is -10.1. The standard InChI is InChI=1S/C15H23N5O14P2/c16-12-7-13(18-3-17-12)20(4-19-7)14-10(23)8(21)5(32-14)1-30-35(26,27)34-36(28,29)31-2-6-9(22)11(24)15(25)33-6/h3-6,8-11,14-15,21-25H,1-2H2,(H,26,27)(H,28,29)(H2,16,17,18)/t5-,6+,8?,9-,10?,11-,14-,15+/m1/s1. The van der Waals surface area contributed by atoms with Crippen LogP contribution in [0.3, 0.4) is 0 Å². The molecule has 0 spiro atoms. The van der Waals surface area contributed by atoms with E-state index in [0.29, 0.717) is 0 Å². The fourth-order valence-electron chi connectivity index (χ4n) is 3.53. The third-order valence-electron chi connectivity index (χ3n) is 5.35. The van der Waals surface area contributed by atoms with Crippen molar-refractivity contribution < 1.29 is 67.3 Å². The van der Waals surface area contributed by atoms with Gasteiger partial charge in [-0.15, -0.1) is 0 Å². The molecule has 2 fully saturated rings. The minimum atomic E-state index is -5.31. The van der Waals surface area contributed by atoms with Gasteiger partial charge in [0.2, 0.25) is 0 Å². The summed E-state index contributed by atoms with van der Waals surface area (Å²) in [6, 6.07) is 0. The lowest BCUT2D eigenvalue weighted by Crippen LogP contribution is -2.34. The van der Waals surface area contributed by atoms with Crippen LogP contribution in [-0.2, 0) is 32.0 Å². The van der Waals surface area contributed by atoms with Gasteiger partial charge in [-0.25, -0.2) is 24.1 Å². The topological polar surface area (TPSA) is 292 Å². The van der Waals surface area contributed by atoms with E-state index >= 15 is 0 Å². The summed E-state index contributed by atoms with van der Waals surface area (Å²) in [5, 5.41) is 49.0. The van der Waals surface area contributed by atoms with E-state index in [9.17, 15) is 44.4 Å². The molecular weight excluding hydrogens is 536 g/mol. The van der Waals surface area contributed by atoms with Crippen LogP contribution < -0.4 is 5.73 Å². The van der Waals surface area contributed by atoms with Crippen molar-refractivity contribution in [3.05, 3.63) is 12.7 Å². The molecule has 0 saturated carbocycles. The third-order valence-corrected chi connectivity index (χ3v) is 7.95. The van der Waals surface area contributed by atoms with Gasteiger partial charge in [0.1, 0.15) is 48.5 Å². The second kappa shape index (κ2) is 10.2. The number of hydrogen-bond donors (Lipinski definition) is 8. The molecule has 2 aliphatic heterocycles. The Hall–Kier alpha value is -1.67. The number of ether oxygens (including phenoxy) is 2. The van der Waals surface area contributed by atoms with Crippen molar-refractivity contribution in [3.63, 3.8) is 0 Å². The van der Waals surface area contributed by atoms with Crippen LogP contribution in [0.4, 0.5) is 5.82 Å². The summed E-state index contributed by atoms with van der Waals surface area (Å²) in [6.45, 7) is -1.79. The number of anilines is 1. The van der Waals surface area contributed by atoms with E-state index < -0.39 is 78.0 Å². The molecule has 0 amide bonds. The molecule has 202 valence electrons. The molecule has 0 aromatic carbocycles. The quantitative estimate of drug-likeness (QED) is 0.140. The van der Waals surface area contributed by atoms with Crippen LogP contribution in [0.1, 0.15) is 6.23 Å². The molecule has 2 saturated heterocycles. The van der Waals surface area contributed by atoms with Crippen molar-refractivity contribution in [3.8, 4) is 0 Å². The number of aromatic nitrogens is 4. The number of nitrogen functional groups attached to an aromatic ring is 1. The van der Waals surface area contributed by atoms with Crippen LogP contribution in [0.5, 0.6) is 0 Å². The highest BCUT2D eigenvalue weighted by atomic mass is 31.3. The monoisotopic (exact) mass is 559 g/mol. The first-order valence-corrected chi connectivity index (χ1v) is 13.1. The zero-order valence-corrected chi connectivity index (χ0v) is 19.7. The third kappa shape index (κ3) is 5.59. The number of phosphoric acid groups is 2. The first-order valence-electron chi connectivity index (χ1n) is 10.1. The summed E-state index contributed by atoms with van der Waals surface area (Å²) >= 11 is 0. The fourth-order valence-corrected chi connectivity index (χ4v) is 5.62. The number of aliphatic hydroxyl groups is 5. The van der Waals surface area contributed by atoms with Gasteiger partial charge < -0.3 is 50.5 Å². The molecule has 36 heavy (non-hydrogen) atoms. The number of nitrogens with two attached hydrogens (primary N) is 1. The summed E-state index contributed by atoms with van der Waals surface area (Å²) < 4.78 is 48.8. The average Bonchev–Trinajstić information content (AvgIpc) is 3.42. The smallest absolute Gasteiger partial charge is 0.387 e. The van der Waals surface area contributed by atoms with Crippen LogP contribution in [-0.4, -0.2) is 111 Å². The lowest BCUT2D eigenvalue weighted by Gasteiger charge is -2.20. The van der Waals surface area contributed by atoms with Crippen molar-refractivity contribution in [2.75, 3.05) is 18.9 Å². The maximum Gasteiger partial charge on any atom is 0.481 e. The molecule has 19 nitrogen and oxygen atoms in total. The molecule has 9 N–H and O–H groups in total. The lowest BCUT2D eigenvalue weighted by atomic mass is 10.1. The Kier molecular flexibility index (Phi) is 7.78. The Morgan fingerprint density at radius 3 is 2.06 bits per heavy atom. The van der Waals surface area contributed by atoms with Crippen molar-refractivity contribution in [2.45, 2.75) is 49.1 Å². The molecule has 0 radical (unpaired) electrons. The van der Waals surface area contributed by atoms with Gasteiger partial charge in [0.15, 0.2) is 24.0 Å². The van der Waals surface area contributed by atoms with E-state index in [-0.39, 0.29) is 17.0 Å². The van der Waals surface area contributed by atoms with Crippen molar-refractivity contribution in [2.24, 2.45) is 0 Å². The Balaban J connectivity index is 1.34. The van der Waals surface area contributed by atoms with Crippen LogP contribution >= 0.6 is 15.6 Å². The zero-order chi connectivity index (χ0) is 26.4. The Morgan fingerprint density at radius 1 is 0.889 bits per heavy atom. The van der Waals surface area contributed by atoms with Gasteiger partial charge in [-0.05, 0) is 0 Å². The van der Waals surface area contributed by atoms with E-state index in [1.807, 2.05) is 0 Å². The predicted octanol–water partition coefficient (Wildman–Crippen LogP) is -3.28. The van der Waals surface area contributed by atoms with Crippen molar-refractivity contribution in [1.29, 1.82) is 0 Å². The van der Waals surface area contributed by atoms with Gasteiger partial charge in [0.25, 0.3) is 0 Å². The van der Waals surface area contributed by atoms with E-state index in [2.05, 4.69) is 28.3 Å². The maximum atomic E-state index is 12.2. The molecule has 2 aromatic rings. The first-order chi connectivity index (χ1) is 16.8. The van der Waals surface area contributed by atoms with Crippen molar-refractivity contribution >= 4 is 32.6 Å². The predicted molar refractivity (Wildman–Crippen MR) is 111 cm³/mol. The fraction of sp³-hybridized carbons (Fsp3) is 0.667. The van der Waals surface area contributed by atoms with Crippen LogP contribution in [0.2, 0.25) is 0 Å². The Bertz CT molecular complexity index is 1180. The normalized spacial score (nSPS) is 36.2. The second-order valence-electron chi connectivity index (χ2n) is 7.79. The van der Waals surface area contributed by atoms with Gasteiger partial charge in [0, 0.05) is 0 Å². The van der Waals surface area contributed by atoms with E-state index in [4.69, 9.17) is 15.2 Å². The highest BCUT2D eigenvalue weighted by Crippen LogP contribution is 2.60. The number of nitrogens with zero attached hydrogens (tertiary/aromatic N) is 4. The average molecular weight is 559 g/mol. The lowest BCUT2D eigenvalue weighted by molar-refractivity contribution is -0.132. The highest BCUT2D eigenvalue weighted by Gasteiger charge is 2.47. The molecule has 0 bridgehead atoms. The van der Waals surface area contributed by atoms with Crippen LogP contribution in [0, 0.1) is 0 Å². The van der Waals surface area contributed by atoms with E-state index in [0.717, 1.165) is 6.33 Å². The largest absolute Gasteiger partial charge is 0.481 e. The van der Waals surface area contributed by atoms with E-state index in [1.165, 1.54) is 10.9 Å². The summed E-state index contributed by atoms with van der Waals surface area (Å²) in [5.74, 6) is 0.0575. The number of fused-ring (bicyclic) bond motifs is 1.